The van der Waals surface area contributed by atoms with Crippen molar-refractivity contribution in [2.75, 3.05) is 6.54 Å². The summed E-state index contributed by atoms with van der Waals surface area (Å²) in [6.07, 6.45) is 4.90. The Hall–Kier alpha value is -0.860. The van der Waals surface area contributed by atoms with Crippen molar-refractivity contribution in [1.82, 2.24) is 4.90 Å². The quantitative estimate of drug-likeness (QED) is 0.734. The van der Waals surface area contributed by atoms with Crippen molar-refractivity contribution in [3.63, 3.8) is 0 Å². The number of carbonyl (C=O) groups excluding carboxylic acids is 2. The summed E-state index contributed by atoms with van der Waals surface area (Å²) in [5, 5.41) is 0. The minimum Gasteiger partial charge on any atom is -0.332 e. The van der Waals surface area contributed by atoms with E-state index in [0.717, 1.165) is 38.6 Å². The van der Waals surface area contributed by atoms with Gasteiger partial charge in [-0.2, -0.15) is 0 Å². The van der Waals surface area contributed by atoms with Crippen LogP contribution in [0.1, 0.15) is 46.0 Å². The number of carbonyl (C=O) groups is 2. The smallest absolute Gasteiger partial charge is 0.227 e. The van der Waals surface area contributed by atoms with Gasteiger partial charge in [-0.1, -0.05) is 26.7 Å². The zero-order valence-corrected chi connectivity index (χ0v) is 10.2. The van der Waals surface area contributed by atoms with Crippen molar-refractivity contribution in [1.29, 1.82) is 0 Å². The maximum absolute atomic E-state index is 12.2. The third-order valence-corrected chi connectivity index (χ3v) is 4.10. The number of hydrogen-bond donors (Lipinski definition) is 0. The van der Waals surface area contributed by atoms with Gasteiger partial charge in [-0.3, -0.25) is 9.59 Å². The molecule has 0 spiro atoms. The Balaban J connectivity index is 2.13. The van der Waals surface area contributed by atoms with Gasteiger partial charge in [0.1, 0.15) is 0 Å². The van der Waals surface area contributed by atoms with Gasteiger partial charge in [0.2, 0.25) is 5.91 Å². The van der Waals surface area contributed by atoms with Crippen LogP contribution < -0.4 is 0 Å². The average Bonchev–Trinajstić information content (AvgIpc) is 2.75. The number of Topliss-reactive ketones (excluding diaryl/α,β-unsaturated/α-hetero) is 1. The maximum Gasteiger partial charge on any atom is 0.227 e. The summed E-state index contributed by atoms with van der Waals surface area (Å²) in [6.45, 7) is 4.86. The van der Waals surface area contributed by atoms with Crippen molar-refractivity contribution in [3.05, 3.63) is 0 Å². The zero-order valence-electron chi connectivity index (χ0n) is 10.2. The molecule has 0 aromatic heterocycles. The second kappa shape index (κ2) is 4.56. The van der Waals surface area contributed by atoms with E-state index in [1.807, 2.05) is 11.8 Å². The number of piperidine rings is 1. The van der Waals surface area contributed by atoms with E-state index in [1.165, 1.54) is 0 Å². The predicted molar refractivity (Wildman–Crippen MR) is 61.9 cm³/mol. The summed E-state index contributed by atoms with van der Waals surface area (Å²) in [6, 6.07) is -0.0830. The first kappa shape index (κ1) is 11.6. The lowest BCUT2D eigenvalue weighted by Crippen LogP contribution is -2.53. The lowest BCUT2D eigenvalue weighted by molar-refractivity contribution is -0.152. The number of fused-ring (bicyclic) bond motifs is 1. The Morgan fingerprint density at radius 3 is 2.81 bits per heavy atom. The van der Waals surface area contributed by atoms with Gasteiger partial charge in [-0.25, -0.2) is 0 Å². The Morgan fingerprint density at radius 1 is 1.38 bits per heavy atom. The highest BCUT2D eigenvalue weighted by Crippen LogP contribution is 2.34. The molecule has 0 radical (unpaired) electrons. The third-order valence-electron chi connectivity index (χ3n) is 4.10. The second-order valence-corrected chi connectivity index (χ2v) is 5.13. The summed E-state index contributed by atoms with van der Waals surface area (Å²) in [5.41, 5.74) is 0. The molecule has 0 aromatic carbocycles. The van der Waals surface area contributed by atoms with Gasteiger partial charge in [0.05, 0.1) is 6.04 Å². The van der Waals surface area contributed by atoms with Crippen molar-refractivity contribution >= 4 is 11.7 Å². The van der Waals surface area contributed by atoms with Crippen molar-refractivity contribution in [3.8, 4) is 0 Å². The Kier molecular flexibility index (Phi) is 3.31. The van der Waals surface area contributed by atoms with Gasteiger partial charge in [0.25, 0.3) is 0 Å². The first-order valence-corrected chi connectivity index (χ1v) is 6.51. The largest absolute Gasteiger partial charge is 0.332 e. The molecule has 3 heteroatoms. The fraction of sp³-hybridized carbons (Fsp3) is 0.846. The number of rotatable bonds is 3. The molecule has 2 rings (SSSR count). The second-order valence-electron chi connectivity index (χ2n) is 5.13. The first-order chi connectivity index (χ1) is 7.66. The highest BCUT2D eigenvalue weighted by Gasteiger charge is 2.46. The molecule has 16 heavy (non-hydrogen) atoms. The normalized spacial score (nSPS) is 34.4. The minimum absolute atomic E-state index is 0.0400. The molecule has 3 nitrogen and oxygen atoms in total. The van der Waals surface area contributed by atoms with Gasteiger partial charge in [-0.15, -0.1) is 0 Å². The Labute approximate surface area is 97.2 Å². The average molecular weight is 223 g/mol. The van der Waals surface area contributed by atoms with E-state index in [0.29, 0.717) is 5.78 Å². The van der Waals surface area contributed by atoms with Gasteiger partial charge < -0.3 is 4.90 Å². The molecule has 0 saturated carbocycles. The summed E-state index contributed by atoms with van der Waals surface area (Å²) in [4.78, 5) is 26.2. The number of nitrogens with zero attached hydrogens (tertiary/aromatic N) is 1. The monoisotopic (exact) mass is 223 g/mol. The molecule has 3 atom stereocenters. The first-order valence-electron chi connectivity index (χ1n) is 6.51. The van der Waals surface area contributed by atoms with E-state index < -0.39 is 0 Å². The van der Waals surface area contributed by atoms with Gasteiger partial charge in [0, 0.05) is 18.4 Å². The van der Waals surface area contributed by atoms with Gasteiger partial charge >= 0.3 is 0 Å². The lowest BCUT2D eigenvalue weighted by Gasteiger charge is -2.37. The molecule has 0 aliphatic carbocycles. The SMILES string of the molecule is CCCCC1C(=O)N2CCCC2C(=O)C1C. The highest BCUT2D eigenvalue weighted by molar-refractivity contribution is 5.98. The van der Waals surface area contributed by atoms with E-state index in [9.17, 15) is 9.59 Å². The number of ketones is 1. The number of amides is 1. The van der Waals surface area contributed by atoms with E-state index in [4.69, 9.17) is 0 Å². The molecule has 2 fully saturated rings. The van der Waals surface area contributed by atoms with Crippen molar-refractivity contribution in [2.24, 2.45) is 11.8 Å². The van der Waals surface area contributed by atoms with Crippen LogP contribution in [-0.4, -0.2) is 29.2 Å². The van der Waals surface area contributed by atoms with Crippen LogP contribution in [0.5, 0.6) is 0 Å². The molecule has 0 bridgehead atoms. The molecular weight excluding hydrogens is 202 g/mol. The maximum atomic E-state index is 12.2. The molecular formula is C13H21NO2. The van der Waals surface area contributed by atoms with Crippen LogP contribution in [0.3, 0.4) is 0 Å². The highest BCUT2D eigenvalue weighted by atomic mass is 16.2. The minimum atomic E-state index is -0.0830. The summed E-state index contributed by atoms with van der Waals surface area (Å²) < 4.78 is 0. The Morgan fingerprint density at radius 2 is 2.12 bits per heavy atom. The molecule has 1 amide bonds. The van der Waals surface area contributed by atoms with Crippen LogP contribution in [0.25, 0.3) is 0 Å². The zero-order chi connectivity index (χ0) is 11.7. The van der Waals surface area contributed by atoms with E-state index in [1.54, 1.807) is 0 Å². The molecule has 2 heterocycles. The van der Waals surface area contributed by atoms with E-state index >= 15 is 0 Å². The molecule has 2 saturated heterocycles. The standard InChI is InChI=1S/C13H21NO2/c1-3-4-6-10-9(2)12(15)11-7-5-8-14(11)13(10)16/h9-11H,3-8H2,1-2H3. The molecule has 90 valence electrons. The Bertz CT molecular complexity index is 300. The molecule has 0 N–H and O–H groups in total. The molecule has 0 aromatic rings. The fourth-order valence-electron chi connectivity index (χ4n) is 3.05. The van der Waals surface area contributed by atoms with E-state index in [2.05, 4.69) is 6.92 Å². The van der Waals surface area contributed by atoms with Crippen LogP contribution in [0, 0.1) is 11.8 Å². The molecule has 2 aliphatic heterocycles. The predicted octanol–water partition coefficient (Wildman–Crippen LogP) is 2.00. The van der Waals surface area contributed by atoms with Crippen LogP contribution >= 0.6 is 0 Å². The summed E-state index contributed by atoms with van der Waals surface area (Å²) in [5.74, 6) is 0.446. The number of unbranched alkanes of at least 4 members (excludes halogenated alkanes) is 1. The fourth-order valence-corrected chi connectivity index (χ4v) is 3.05. The van der Waals surface area contributed by atoms with Crippen molar-refractivity contribution in [2.45, 2.75) is 52.0 Å². The van der Waals surface area contributed by atoms with Crippen LogP contribution in [0.15, 0.2) is 0 Å². The molecule has 2 aliphatic rings. The van der Waals surface area contributed by atoms with Crippen molar-refractivity contribution < 1.29 is 9.59 Å². The topological polar surface area (TPSA) is 37.4 Å². The summed E-state index contributed by atoms with van der Waals surface area (Å²) in [7, 11) is 0. The van der Waals surface area contributed by atoms with Crippen LogP contribution in [0.4, 0.5) is 0 Å². The van der Waals surface area contributed by atoms with Gasteiger partial charge in [-0.05, 0) is 19.3 Å². The third kappa shape index (κ3) is 1.76. The summed E-state index contributed by atoms with van der Waals surface area (Å²) >= 11 is 0. The lowest BCUT2D eigenvalue weighted by atomic mass is 9.79. The molecule has 3 unspecified atom stereocenters. The number of hydrogen-bond acceptors (Lipinski definition) is 2. The van der Waals surface area contributed by atoms with E-state index in [-0.39, 0.29) is 23.8 Å². The van der Waals surface area contributed by atoms with Crippen LogP contribution in [0.2, 0.25) is 0 Å². The van der Waals surface area contributed by atoms with Crippen LogP contribution in [-0.2, 0) is 9.59 Å². The van der Waals surface area contributed by atoms with Gasteiger partial charge in [0.15, 0.2) is 5.78 Å².